The molecule has 0 spiro atoms. The molecule has 0 bridgehead atoms. The van der Waals surface area contributed by atoms with E-state index >= 15 is 0 Å². The zero-order valence-corrected chi connectivity index (χ0v) is 17.9. The lowest BCUT2D eigenvalue weighted by atomic mass is 10.1. The van der Waals surface area contributed by atoms with E-state index in [0.717, 1.165) is 17.0 Å². The molecule has 150 valence electrons. The number of benzene rings is 1. The van der Waals surface area contributed by atoms with Gasteiger partial charge in [-0.15, -0.1) is 0 Å². The minimum atomic E-state index is -0.482. The second-order valence-corrected chi connectivity index (χ2v) is 8.40. The van der Waals surface area contributed by atoms with Crippen LogP contribution in [0.5, 0.6) is 0 Å². The summed E-state index contributed by atoms with van der Waals surface area (Å²) in [6, 6.07) is 9.37. The van der Waals surface area contributed by atoms with Gasteiger partial charge in [-0.3, -0.25) is 19.8 Å². The summed E-state index contributed by atoms with van der Waals surface area (Å²) in [7, 11) is 0. The summed E-state index contributed by atoms with van der Waals surface area (Å²) in [5.41, 5.74) is 3.68. The topological polar surface area (TPSA) is 54.3 Å². The van der Waals surface area contributed by atoms with E-state index in [2.05, 4.69) is 16.8 Å². The zero-order chi connectivity index (χ0) is 20.7. The standard InChI is InChI=1S/C22H22ClN3O2S/c1-13-10-15(14(2)25(13)17-7-3-4-8-17)11-19-20(27)24-22(29)26(21(19)28)18-9-5-6-16(23)12-18/h5-6,9-12,17H,3-4,7-8H2,1-2H3,(H,24,27,29). The van der Waals surface area contributed by atoms with Crippen LogP contribution >= 0.6 is 23.8 Å². The zero-order valence-electron chi connectivity index (χ0n) is 16.4. The number of carbonyl (C=O) groups excluding carboxylic acids is 2. The van der Waals surface area contributed by atoms with E-state index in [1.165, 1.54) is 30.6 Å². The van der Waals surface area contributed by atoms with Gasteiger partial charge in [0.1, 0.15) is 5.57 Å². The minimum Gasteiger partial charge on any atom is -0.346 e. The second kappa shape index (κ2) is 7.76. The second-order valence-electron chi connectivity index (χ2n) is 7.57. The third-order valence-electron chi connectivity index (χ3n) is 5.68. The van der Waals surface area contributed by atoms with Crippen LogP contribution in [0.15, 0.2) is 35.9 Å². The van der Waals surface area contributed by atoms with Gasteiger partial charge in [0.15, 0.2) is 5.11 Å². The molecule has 2 amide bonds. The lowest BCUT2D eigenvalue weighted by Crippen LogP contribution is -2.54. The monoisotopic (exact) mass is 427 g/mol. The molecule has 1 N–H and O–H groups in total. The van der Waals surface area contributed by atoms with E-state index in [9.17, 15) is 9.59 Å². The number of aryl methyl sites for hydroxylation is 1. The first-order chi connectivity index (χ1) is 13.9. The maximum atomic E-state index is 13.2. The summed E-state index contributed by atoms with van der Waals surface area (Å²) in [5.74, 6) is -0.935. The molecular weight excluding hydrogens is 406 g/mol. The Labute approximate surface area is 180 Å². The van der Waals surface area contributed by atoms with E-state index in [1.54, 1.807) is 30.3 Å². The van der Waals surface area contributed by atoms with Crippen molar-refractivity contribution in [2.75, 3.05) is 4.90 Å². The van der Waals surface area contributed by atoms with Crippen LogP contribution in [-0.2, 0) is 9.59 Å². The van der Waals surface area contributed by atoms with Crippen molar-refractivity contribution in [3.05, 3.63) is 57.9 Å². The molecule has 5 nitrogen and oxygen atoms in total. The van der Waals surface area contributed by atoms with Gasteiger partial charge in [-0.1, -0.05) is 30.5 Å². The molecule has 0 radical (unpaired) electrons. The van der Waals surface area contributed by atoms with Crippen LogP contribution in [0.25, 0.3) is 6.08 Å². The number of aromatic nitrogens is 1. The molecule has 29 heavy (non-hydrogen) atoms. The number of hydrogen-bond donors (Lipinski definition) is 1. The maximum Gasteiger partial charge on any atom is 0.270 e. The van der Waals surface area contributed by atoms with E-state index in [-0.39, 0.29) is 10.7 Å². The van der Waals surface area contributed by atoms with Crippen molar-refractivity contribution in [2.24, 2.45) is 0 Å². The summed E-state index contributed by atoms with van der Waals surface area (Å²) in [5, 5.41) is 3.16. The lowest BCUT2D eigenvalue weighted by molar-refractivity contribution is -0.122. The molecule has 0 atom stereocenters. The molecule has 1 aliphatic carbocycles. The SMILES string of the molecule is Cc1cc(C=C2C(=O)NC(=S)N(c3cccc(Cl)c3)C2=O)c(C)n1C1CCCC1. The smallest absolute Gasteiger partial charge is 0.270 e. The summed E-state index contributed by atoms with van der Waals surface area (Å²) >= 11 is 11.3. The number of rotatable bonds is 3. The van der Waals surface area contributed by atoms with Crippen LogP contribution in [0, 0.1) is 13.8 Å². The van der Waals surface area contributed by atoms with Gasteiger partial charge in [-0.25, -0.2) is 0 Å². The number of thiocarbonyl (C=S) groups is 1. The molecule has 1 aromatic heterocycles. The molecule has 2 aromatic rings. The van der Waals surface area contributed by atoms with Crippen LogP contribution in [0.1, 0.15) is 48.7 Å². The quantitative estimate of drug-likeness (QED) is 0.438. The van der Waals surface area contributed by atoms with Crippen LogP contribution < -0.4 is 10.2 Å². The molecule has 4 rings (SSSR count). The fraction of sp³-hybridized carbons (Fsp3) is 0.318. The Morgan fingerprint density at radius 1 is 1.17 bits per heavy atom. The molecule has 1 aliphatic heterocycles. The average Bonchev–Trinajstić information content (AvgIpc) is 3.26. The van der Waals surface area contributed by atoms with Crippen molar-refractivity contribution in [1.82, 2.24) is 9.88 Å². The number of amides is 2. The number of nitrogens with one attached hydrogen (secondary N) is 1. The van der Waals surface area contributed by atoms with Crippen molar-refractivity contribution >= 4 is 52.5 Å². The van der Waals surface area contributed by atoms with Gasteiger partial charge in [-0.2, -0.15) is 0 Å². The Balaban J connectivity index is 1.73. The van der Waals surface area contributed by atoms with Crippen LogP contribution in [0.3, 0.4) is 0 Å². The predicted octanol–water partition coefficient (Wildman–Crippen LogP) is 4.70. The van der Waals surface area contributed by atoms with E-state index < -0.39 is 11.8 Å². The number of carbonyl (C=O) groups is 2. The summed E-state index contributed by atoms with van der Waals surface area (Å²) in [4.78, 5) is 27.1. The Morgan fingerprint density at radius 2 is 1.90 bits per heavy atom. The van der Waals surface area contributed by atoms with Gasteiger partial charge in [0.2, 0.25) is 0 Å². The molecule has 2 fully saturated rings. The average molecular weight is 428 g/mol. The third-order valence-corrected chi connectivity index (χ3v) is 6.20. The molecule has 1 aromatic carbocycles. The minimum absolute atomic E-state index is 0.0517. The van der Waals surface area contributed by atoms with Gasteiger partial charge in [0, 0.05) is 22.5 Å². The fourth-order valence-corrected chi connectivity index (χ4v) is 4.80. The molecule has 2 heterocycles. The molecular formula is C22H22ClN3O2S. The highest BCUT2D eigenvalue weighted by molar-refractivity contribution is 7.80. The maximum absolute atomic E-state index is 13.2. The molecule has 7 heteroatoms. The van der Waals surface area contributed by atoms with Crippen molar-refractivity contribution < 1.29 is 9.59 Å². The van der Waals surface area contributed by atoms with Gasteiger partial charge in [0.25, 0.3) is 11.8 Å². The number of anilines is 1. The van der Waals surface area contributed by atoms with Crippen LogP contribution in [-0.4, -0.2) is 21.5 Å². The summed E-state index contributed by atoms with van der Waals surface area (Å²) in [6.07, 6.45) is 6.49. The van der Waals surface area contributed by atoms with Crippen molar-refractivity contribution in [3.8, 4) is 0 Å². The highest BCUT2D eigenvalue weighted by Gasteiger charge is 2.35. The number of hydrogen-bond acceptors (Lipinski definition) is 3. The Morgan fingerprint density at radius 3 is 2.59 bits per heavy atom. The first kappa shape index (κ1) is 19.9. The predicted molar refractivity (Wildman–Crippen MR) is 119 cm³/mol. The number of nitrogens with zero attached hydrogens (tertiary/aromatic N) is 2. The Kier molecular flexibility index (Phi) is 5.32. The van der Waals surface area contributed by atoms with Crippen LogP contribution in [0.4, 0.5) is 5.69 Å². The molecule has 2 aliphatic rings. The van der Waals surface area contributed by atoms with Gasteiger partial charge in [-0.05, 0) is 74.8 Å². The molecule has 1 saturated carbocycles. The Bertz CT molecular complexity index is 1050. The highest BCUT2D eigenvalue weighted by Crippen LogP contribution is 2.34. The first-order valence-electron chi connectivity index (χ1n) is 9.72. The normalized spacial score (nSPS) is 19.3. The van der Waals surface area contributed by atoms with Gasteiger partial charge in [0.05, 0.1) is 5.69 Å². The van der Waals surface area contributed by atoms with Crippen LogP contribution in [0.2, 0.25) is 5.02 Å². The van der Waals surface area contributed by atoms with Crippen molar-refractivity contribution in [2.45, 2.75) is 45.6 Å². The lowest BCUT2D eigenvalue weighted by Gasteiger charge is -2.29. The molecule has 0 unspecified atom stereocenters. The van der Waals surface area contributed by atoms with Gasteiger partial charge < -0.3 is 4.57 Å². The molecule has 1 saturated heterocycles. The third kappa shape index (κ3) is 3.63. The Hall–Kier alpha value is -2.44. The van der Waals surface area contributed by atoms with Crippen molar-refractivity contribution in [3.63, 3.8) is 0 Å². The van der Waals surface area contributed by atoms with Crippen molar-refractivity contribution in [1.29, 1.82) is 0 Å². The van der Waals surface area contributed by atoms with Gasteiger partial charge >= 0.3 is 0 Å². The van der Waals surface area contributed by atoms with E-state index in [1.807, 2.05) is 13.0 Å². The highest BCUT2D eigenvalue weighted by atomic mass is 35.5. The summed E-state index contributed by atoms with van der Waals surface area (Å²) in [6.45, 7) is 4.12. The first-order valence-corrected chi connectivity index (χ1v) is 10.5. The fourth-order valence-electron chi connectivity index (χ4n) is 4.34. The number of halogens is 1. The summed E-state index contributed by atoms with van der Waals surface area (Å²) < 4.78 is 2.34. The van der Waals surface area contributed by atoms with E-state index in [4.69, 9.17) is 23.8 Å². The van der Waals surface area contributed by atoms with E-state index in [0.29, 0.717) is 16.8 Å². The largest absolute Gasteiger partial charge is 0.346 e.